The number of rotatable bonds is 12. The lowest BCUT2D eigenvalue weighted by molar-refractivity contribution is 0.0657. The molecule has 43 heavy (non-hydrogen) atoms. The third kappa shape index (κ3) is 8.10. The molecule has 0 atom stereocenters. The molecule has 228 valence electrons. The Morgan fingerprint density at radius 2 is 1.67 bits per heavy atom. The molecule has 0 saturated heterocycles. The van der Waals surface area contributed by atoms with Gasteiger partial charge in [-0.25, -0.2) is 4.98 Å². The van der Waals surface area contributed by atoms with Gasteiger partial charge in [-0.2, -0.15) is 11.3 Å². The van der Waals surface area contributed by atoms with Crippen molar-refractivity contribution in [2.45, 2.75) is 71.8 Å². The van der Waals surface area contributed by atoms with E-state index in [0.717, 1.165) is 22.3 Å². The highest BCUT2D eigenvalue weighted by atomic mass is 32.1. The van der Waals surface area contributed by atoms with Crippen LogP contribution in [0.4, 0.5) is 0 Å². The zero-order valence-electron chi connectivity index (χ0n) is 26.3. The highest BCUT2D eigenvalue weighted by Crippen LogP contribution is 2.36. The summed E-state index contributed by atoms with van der Waals surface area (Å²) in [6.07, 6.45) is 0.373. The Morgan fingerprint density at radius 3 is 2.30 bits per heavy atom. The fraction of sp³-hybridized carbons (Fsp3) is 0.382. The van der Waals surface area contributed by atoms with Crippen molar-refractivity contribution in [2.24, 2.45) is 0 Å². The van der Waals surface area contributed by atoms with Gasteiger partial charge in [0.1, 0.15) is 12.4 Å². The van der Waals surface area contributed by atoms with E-state index in [9.17, 15) is 9.59 Å². The summed E-state index contributed by atoms with van der Waals surface area (Å²) in [4.78, 5) is 37.0. The SMILES string of the molecule is CC(C)N(CCO[Si](C)(C)C(C)(C)C)C(=O)c1nc(Cc2cscc2-c2ccccc2)[nH]c(=O)c1OCc1ccccc1. The van der Waals surface area contributed by atoms with Gasteiger partial charge in [-0.15, -0.1) is 0 Å². The van der Waals surface area contributed by atoms with Crippen molar-refractivity contribution in [3.05, 3.63) is 104 Å². The quantitative estimate of drug-likeness (QED) is 0.166. The minimum Gasteiger partial charge on any atom is -0.481 e. The molecule has 0 aliphatic rings. The van der Waals surface area contributed by atoms with Gasteiger partial charge in [-0.3, -0.25) is 9.59 Å². The first-order valence-electron chi connectivity index (χ1n) is 14.7. The van der Waals surface area contributed by atoms with E-state index in [1.54, 1.807) is 16.2 Å². The molecular formula is C34H43N3O4SSi. The van der Waals surface area contributed by atoms with Gasteiger partial charge in [0, 0.05) is 19.0 Å². The molecule has 2 heterocycles. The maximum absolute atomic E-state index is 14.2. The van der Waals surface area contributed by atoms with Crippen molar-refractivity contribution in [1.82, 2.24) is 14.9 Å². The molecule has 0 saturated carbocycles. The second-order valence-corrected chi connectivity index (χ2v) is 18.1. The maximum atomic E-state index is 14.2. The summed E-state index contributed by atoms with van der Waals surface area (Å²) < 4.78 is 12.4. The Morgan fingerprint density at radius 1 is 1.02 bits per heavy atom. The van der Waals surface area contributed by atoms with Crippen molar-refractivity contribution < 1.29 is 14.0 Å². The molecule has 0 bridgehead atoms. The van der Waals surface area contributed by atoms with Crippen LogP contribution in [-0.2, 0) is 17.5 Å². The summed E-state index contributed by atoms with van der Waals surface area (Å²) in [5.74, 6) is -0.00256. The van der Waals surface area contributed by atoms with Crippen LogP contribution in [0, 0.1) is 0 Å². The molecule has 0 unspecified atom stereocenters. The fourth-order valence-electron chi connectivity index (χ4n) is 4.46. The van der Waals surface area contributed by atoms with Crippen LogP contribution in [0.5, 0.6) is 5.75 Å². The molecule has 2 aromatic carbocycles. The molecule has 0 aliphatic heterocycles. The van der Waals surface area contributed by atoms with Crippen LogP contribution in [0.1, 0.15) is 62.1 Å². The Hall–Kier alpha value is -3.53. The lowest BCUT2D eigenvalue weighted by Crippen LogP contribution is -2.45. The average Bonchev–Trinajstić information content (AvgIpc) is 3.42. The van der Waals surface area contributed by atoms with Crippen LogP contribution >= 0.6 is 11.3 Å². The zero-order chi connectivity index (χ0) is 31.2. The van der Waals surface area contributed by atoms with E-state index < -0.39 is 13.9 Å². The monoisotopic (exact) mass is 617 g/mol. The van der Waals surface area contributed by atoms with Gasteiger partial charge < -0.3 is 19.0 Å². The van der Waals surface area contributed by atoms with Crippen LogP contribution in [0.3, 0.4) is 0 Å². The van der Waals surface area contributed by atoms with Gasteiger partial charge in [0.25, 0.3) is 11.5 Å². The molecule has 1 amide bonds. The lowest BCUT2D eigenvalue weighted by Gasteiger charge is -2.37. The third-order valence-corrected chi connectivity index (χ3v) is 13.4. The molecule has 7 nitrogen and oxygen atoms in total. The number of thiophene rings is 1. The number of carbonyl (C=O) groups excluding carboxylic acids is 1. The number of nitrogens with one attached hydrogen (secondary N) is 1. The van der Waals surface area contributed by atoms with Crippen molar-refractivity contribution in [3.63, 3.8) is 0 Å². The summed E-state index contributed by atoms with van der Waals surface area (Å²) in [7, 11) is -2.00. The molecule has 4 rings (SSSR count). The van der Waals surface area contributed by atoms with Crippen LogP contribution in [-0.4, -0.2) is 48.3 Å². The Labute approximate surface area is 260 Å². The first kappa shape index (κ1) is 32.4. The van der Waals surface area contributed by atoms with E-state index >= 15 is 0 Å². The number of carbonyl (C=O) groups is 1. The predicted octanol–water partition coefficient (Wildman–Crippen LogP) is 7.54. The van der Waals surface area contributed by atoms with E-state index in [1.807, 2.05) is 62.4 Å². The first-order valence-corrected chi connectivity index (χ1v) is 18.6. The Bertz CT molecular complexity index is 1560. The van der Waals surface area contributed by atoms with Gasteiger partial charge in [0.2, 0.25) is 5.75 Å². The Balaban J connectivity index is 1.67. The molecule has 0 spiro atoms. The van der Waals surface area contributed by atoms with Gasteiger partial charge in [-0.1, -0.05) is 81.4 Å². The minimum absolute atomic E-state index is 0.0206. The van der Waals surface area contributed by atoms with Gasteiger partial charge in [-0.05, 0) is 65.0 Å². The fourth-order valence-corrected chi connectivity index (χ4v) is 6.36. The van der Waals surface area contributed by atoms with Gasteiger partial charge >= 0.3 is 0 Å². The molecule has 2 aromatic heterocycles. The molecule has 4 aromatic rings. The largest absolute Gasteiger partial charge is 0.481 e. The second-order valence-electron chi connectivity index (χ2n) is 12.5. The number of ether oxygens (including phenoxy) is 1. The number of amides is 1. The number of benzene rings is 2. The maximum Gasteiger partial charge on any atom is 0.294 e. The van der Waals surface area contributed by atoms with Crippen LogP contribution in [0.2, 0.25) is 18.1 Å². The Kier molecular flexibility index (Phi) is 10.4. The third-order valence-electron chi connectivity index (χ3n) is 8.02. The van der Waals surface area contributed by atoms with E-state index in [1.165, 1.54) is 0 Å². The standard InChI is InChI=1S/C34H43N3O4SSi/c1-24(2)37(18-19-41-43(6,7)34(3,4)5)33(39)30-31(40-21-25-14-10-8-11-15-25)32(38)36-29(35-30)20-27-22-42-23-28(27)26-16-12-9-13-17-26/h8-17,22-24H,18-21H2,1-7H3,(H,35,36,38). The van der Waals surface area contributed by atoms with E-state index in [-0.39, 0.29) is 35.0 Å². The first-order chi connectivity index (χ1) is 20.4. The highest BCUT2D eigenvalue weighted by molar-refractivity contribution is 7.08. The second kappa shape index (κ2) is 13.8. The predicted molar refractivity (Wildman–Crippen MR) is 178 cm³/mol. The summed E-state index contributed by atoms with van der Waals surface area (Å²) in [6, 6.07) is 19.5. The van der Waals surface area contributed by atoms with Crippen LogP contribution in [0.15, 0.2) is 76.2 Å². The number of nitrogens with zero attached hydrogens (tertiary/aromatic N) is 2. The van der Waals surface area contributed by atoms with E-state index in [0.29, 0.717) is 25.4 Å². The number of H-pyrrole nitrogens is 1. The average molecular weight is 618 g/mol. The topological polar surface area (TPSA) is 84.5 Å². The summed E-state index contributed by atoms with van der Waals surface area (Å²) in [5, 5.41) is 4.21. The highest BCUT2D eigenvalue weighted by Gasteiger charge is 2.37. The van der Waals surface area contributed by atoms with E-state index in [2.05, 4.69) is 61.7 Å². The number of aromatic amines is 1. The number of hydrogen-bond acceptors (Lipinski definition) is 6. The summed E-state index contributed by atoms with van der Waals surface area (Å²) >= 11 is 1.60. The molecule has 0 fully saturated rings. The number of aromatic nitrogens is 2. The van der Waals surface area contributed by atoms with Crippen molar-refractivity contribution in [1.29, 1.82) is 0 Å². The normalized spacial score (nSPS) is 12.0. The zero-order valence-corrected chi connectivity index (χ0v) is 28.1. The van der Waals surface area contributed by atoms with Crippen molar-refractivity contribution >= 4 is 25.6 Å². The molecule has 1 N–H and O–H groups in total. The molecule has 0 aliphatic carbocycles. The van der Waals surface area contributed by atoms with Crippen LogP contribution in [0.25, 0.3) is 11.1 Å². The summed E-state index contributed by atoms with van der Waals surface area (Å²) in [5.41, 5.74) is 3.64. The molecular weight excluding hydrogens is 575 g/mol. The lowest BCUT2D eigenvalue weighted by atomic mass is 10.0. The molecule has 9 heteroatoms. The smallest absolute Gasteiger partial charge is 0.294 e. The van der Waals surface area contributed by atoms with Gasteiger partial charge in [0.15, 0.2) is 14.0 Å². The minimum atomic E-state index is -2.00. The summed E-state index contributed by atoms with van der Waals surface area (Å²) in [6.45, 7) is 15.8. The van der Waals surface area contributed by atoms with Crippen molar-refractivity contribution in [2.75, 3.05) is 13.2 Å². The van der Waals surface area contributed by atoms with Gasteiger partial charge in [0.05, 0.1) is 6.61 Å². The number of hydrogen-bond donors (Lipinski definition) is 1. The van der Waals surface area contributed by atoms with Crippen molar-refractivity contribution in [3.8, 4) is 16.9 Å². The molecule has 0 radical (unpaired) electrons. The van der Waals surface area contributed by atoms with Crippen LogP contribution < -0.4 is 10.3 Å². The van der Waals surface area contributed by atoms with E-state index in [4.69, 9.17) is 14.1 Å².